The molecule has 1 amide bonds. The summed E-state index contributed by atoms with van der Waals surface area (Å²) >= 11 is 0. The van der Waals surface area contributed by atoms with E-state index in [0.29, 0.717) is 11.3 Å². The Kier molecular flexibility index (Phi) is 4.12. The highest BCUT2D eigenvalue weighted by Gasteiger charge is 2.41. The molecule has 3 nitrogen and oxygen atoms in total. The van der Waals surface area contributed by atoms with Crippen LogP contribution in [0.1, 0.15) is 66.2 Å². The number of amides is 1. The number of likely N-dealkylation sites (tertiary alicyclic amines) is 1. The third-order valence-electron chi connectivity index (χ3n) is 4.82. The molecule has 1 saturated heterocycles. The first kappa shape index (κ1) is 14.7. The van der Waals surface area contributed by atoms with Crippen molar-refractivity contribution in [1.29, 1.82) is 0 Å². The van der Waals surface area contributed by atoms with Gasteiger partial charge in [-0.25, -0.2) is 4.79 Å². The SMILES string of the molecule is CC(C)(C)OC(=O)N1CC[C@@H](C2(C)CCCCC2)C1. The molecule has 1 atom stereocenters. The Morgan fingerprint density at radius 2 is 1.84 bits per heavy atom. The Labute approximate surface area is 117 Å². The van der Waals surface area contributed by atoms with Gasteiger partial charge in [0.25, 0.3) is 0 Å². The summed E-state index contributed by atoms with van der Waals surface area (Å²) in [5.74, 6) is 0.667. The van der Waals surface area contributed by atoms with E-state index in [1.54, 1.807) is 0 Å². The van der Waals surface area contributed by atoms with Crippen LogP contribution in [-0.2, 0) is 4.74 Å². The number of carbonyl (C=O) groups excluding carboxylic acids is 1. The number of nitrogens with zero attached hydrogens (tertiary/aromatic N) is 1. The second kappa shape index (κ2) is 5.34. The normalized spacial score (nSPS) is 27.4. The summed E-state index contributed by atoms with van der Waals surface area (Å²) in [4.78, 5) is 14.0. The lowest BCUT2D eigenvalue weighted by atomic mass is 9.67. The van der Waals surface area contributed by atoms with Crippen molar-refractivity contribution < 1.29 is 9.53 Å². The highest BCUT2D eigenvalue weighted by Crippen LogP contribution is 2.45. The number of hydrogen-bond donors (Lipinski definition) is 0. The summed E-state index contributed by atoms with van der Waals surface area (Å²) in [6.07, 6.45) is 7.79. The van der Waals surface area contributed by atoms with Crippen molar-refractivity contribution in [2.75, 3.05) is 13.1 Å². The predicted octanol–water partition coefficient (Wildman–Crippen LogP) is 4.21. The second-order valence-electron chi connectivity index (χ2n) is 7.63. The number of rotatable bonds is 1. The van der Waals surface area contributed by atoms with Crippen molar-refractivity contribution in [3.8, 4) is 0 Å². The van der Waals surface area contributed by atoms with Crippen LogP contribution in [0.15, 0.2) is 0 Å². The maximum Gasteiger partial charge on any atom is 0.410 e. The maximum absolute atomic E-state index is 12.1. The van der Waals surface area contributed by atoms with Gasteiger partial charge in [-0.2, -0.15) is 0 Å². The molecule has 2 aliphatic rings. The van der Waals surface area contributed by atoms with Gasteiger partial charge < -0.3 is 9.64 Å². The van der Waals surface area contributed by atoms with E-state index in [1.165, 1.54) is 32.1 Å². The van der Waals surface area contributed by atoms with Gasteiger partial charge in [0, 0.05) is 13.1 Å². The molecule has 2 fully saturated rings. The van der Waals surface area contributed by atoms with Crippen LogP contribution >= 0.6 is 0 Å². The predicted molar refractivity (Wildman–Crippen MR) is 77.1 cm³/mol. The summed E-state index contributed by atoms with van der Waals surface area (Å²) in [6, 6.07) is 0. The van der Waals surface area contributed by atoms with Crippen LogP contribution in [0.4, 0.5) is 4.79 Å². The Morgan fingerprint density at radius 3 is 2.42 bits per heavy atom. The molecule has 0 aromatic carbocycles. The lowest BCUT2D eigenvalue weighted by Crippen LogP contribution is -2.37. The lowest BCUT2D eigenvalue weighted by molar-refractivity contribution is 0.0264. The van der Waals surface area contributed by atoms with Gasteiger partial charge in [0.1, 0.15) is 5.60 Å². The first-order chi connectivity index (χ1) is 8.80. The number of ether oxygens (including phenoxy) is 1. The highest BCUT2D eigenvalue weighted by atomic mass is 16.6. The zero-order valence-corrected chi connectivity index (χ0v) is 13.0. The Morgan fingerprint density at radius 1 is 1.21 bits per heavy atom. The maximum atomic E-state index is 12.1. The van der Waals surface area contributed by atoms with Gasteiger partial charge in [0.2, 0.25) is 0 Å². The summed E-state index contributed by atoms with van der Waals surface area (Å²) in [5.41, 5.74) is 0.0684. The van der Waals surface area contributed by atoms with Gasteiger partial charge in [0.05, 0.1) is 0 Å². The van der Waals surface area contributed by atoms with Crippen LogP contribution in [0.3, 0.4) is 0 Å². The van der Waals surface area contributed by atoms with E-state index in [1.807, 2.05) is 25.7 Å². The molecule has 0 spiro atoms. The van der Waals surface area contributed by atoms with Crippen molar-refractivity contribution in [3.05, 3.63) is 0 Å². The molecule has 0 bridgehead atoms. The molecule has 1 heterocycles. The summed E-state index contributed by atoms with van der Waals surface area (Å²) in [5, 5.41) is 0. The molecule has 1 aliphatic carbocycles. The van der Waals surface area contributed by atoms with Gasteiger partial charge in [-0.05, 0) is 51.4 Å². The fraction of sp³-hybridized carbons (Fsp3) is 0.938. The third-order valence-corrected chi connectivity index (χ3v) is 4.82. The first-order valence-electron chi connectivity index (χ1n) is 7.78. The molecule has 0 radical (unpaired) electrons. The topological polar surface area (TPSA) is 29.5 Å². The van der Waals surface area contributed by atoms with E-state index in [2.05, 4.69) is 6.92 Å². The van der Waals surface area contributed by atoms with E-state index in [0.717, 1.165) is 19.5 Å². The molecule has 3 heteroatoms. The van der Waals surface area contributed by atoms with E-state index in [-0.39, 0.29) is 11.7 Å². The molecule has 0 unspecified atom stereocenters. The fourth-order valence-electron chi connectivity index (χ4n) is 3.59. The summed E-state index contributed by atoms with van der Waals surface area (Å²) in [7, 11) is 0. The average molecular weight is 267 g/mol. The lowest BCUT2D eigenvalue weighted by Gasteiger charge is -2.39. The van der Waals surface area contributed by atoms with E-state index < -0.39 is 0 Å². The largest absolute Gasteiger partial charge is 0.444 e. The molecule has 2 rings (SSSR count). The van der Waals surface area contributed by atoms with Crippen molar-refractivity contribution in [1.82, 2.24) is 4.90 Å². The third kappa shape index (κ3) is 3.64. The molecule has 0 aromatic rings. The number of hydrogen-bond acceptors (Lipinski definition) is 2. The van der Waals surface area contributed by atoms with Crippen molar-refractivity contribution >= 4 is 6.09 Å². The molecule has 1 saturated carbocycles. The molecule has 110 valence electrons. The van der Waals surface area contributed by atoms with Crippen molar-refractivity contribution in [2.45, 2.75) is 71.8 Å². The Hall–Kier alpha value is -0.730. The smallest absolute Gasteiger partial charge is 0.410 e. The molecule has 1 aliphatic heterocycles. The van der Waals surface area contributed by atoms with Gasteiger partial charge in [-0.15, -0.1) is 0 Å². The minimum Gasteiger partial charge on any atom is -0.444 e. The Balaban J connectivity index is 1.90. The van der Waals surface area contributed by atoms with Crippen LogP contribution < -0.4 is 0 Å². The first-order valence-corrected chi connectivity index (χ1v) is 7.78. The van der Waals surface area contributed by atoms with Crippen LogP contribution in [0.25, 0.3) is 0 Å². The van der Waals surface area contributed by atoms with Gasteiger partial charge >= 0.3 is 6.09 Å². The van der Waals surface area contributed by atoms with Gasteiger partial charge in [-0.3, -0.25) is 0 Å². The zero-order chi connectivity index (χ0) is 14.1. The Bertz CT molecular complexity index is 326. The van der Waals surface area contributed by atoms with Gasteiger partial charge in [-0.1, -0.05) is 26.2 Å². The van der Waals surface area contributed by atoms with E-state index >= 15 is 0 Å². The molecule has 19 heavy (non-hydrogen) atoms. The second-order valence-corrected chi connectivity index (χ2v) is 7.63. The fourth-order valence-corrected chi connectivity index (χ4v) is 3.59. The van der Waals surface area contributed by atoms with E-state index in [9.17, 15) is 4.79 Å². The summed E-state index contributed by atoms with van der Waals surface area (Å²) in [6.45, 7) is 9.98. The van der Waals surface area contributed by atoms with Crippen LogP contribution in [-0.4, -0.2) is 29.7 Å². The summed E-state index contributed by atoms with van der Waals surface area (Å²) < 4.78 is 5.48. The van der Waals surface area contributed by atoms with Crippen LogP contribution in [0.2, 0.25) is 0 Å². The molecule has 0 aromatic heterocycles. The minimum atomic E-state index is -0.385. The van der Waals surface area contributed by atoms with Crippen LogP contribution in [0.5, 0.6) is 0 Å². The van der Waals surface area contributed by atoms with Crippen molar-refractivity contribution in [2.24, 2.45) is 11.3 Å². The minimum absolute atomic E-state index is 0.130. The average Bonchev–Trinajstić information content (AvgIpc) is 2.77. The quantitative estimate of drug-likeness (QED) is 0.712. The standard InChI is InChI=1S/C16H29NO2/c1-15(2,3)19-14(18)17-11-8-13(12-17)16(4)9-6-5-7-10-16/h13H,5-12H2,1-4H3/t13-/m1/s1. The van der Waals surface area contributed by atoms with Crippen molar-refractivity contribution in [3.63, 3.8) is 0 Å². The molecular weight excluding hydrogens is 238 g/mol. The van der Waals surface area contributed by atoms with Gasteiger partial charge in [0.15, 0.2) is 0 Å². The highest BCUT2D eigenvalue weighted by molar-refractivity contribution is 5.68. The van der Waals surface area contributed by atoms with Crippen LogP contribution in [0, 0.1) is 11.3 Å². The monoisotopic (exact) mass is 267 g/mol. The zero-order valence-electron chi connectivity index (χ0n) is 13.0. The number of carbonyl (C=O) groups is 1. The molecule has 0 N–H and O–H groups in total. The molecular formula is C16H29NO2. The van der Waals surface area contributed by atoms with E-state index in [4.69, 9.17) is 4.74 Å².